The van der Waals surface area contributed by atoms with Crippen molar-refractivity contribution >= 4 is 5.91 Å². The van der Waals surface area contributed by atoms with Gasteiger partial charge in [0.15, 0.2) is 0 Å². The minimum absolute atomic E-state index is 0.0610. The van der Waals surface area contributed by atoms with Gasteiger partial charge in [-0.1, -0.05) is 18.6 Å². The number of hydrogen-bond donors (Lipinski definition) is 1. The molecule has 0 unspecified atom stereocenters. The molecule has 0 spiro atoms. The van der Waals surface area contributed by atoms with Gasteiger partial charge in [-0.3, -0.25) is 4.79 Å². The van der Waals surface area contributed by atoms with Crippen LogP contribution < -0.4 is 5.32 Å². The molecule has 2 nitrogen and oxygen atoms in total. The molecule has 0 aliphatic rings. The molecule has 0 atom stereocenters. The van der Waals surface area contributed by atoms with Crippen LogP contribution in [0.4, 0.5) is 0 Å². The first-order valence-electron chi connectivity index (χ1n) is 4.51. The lowest BCUT2D eigenvalue weighted by atomic mass is 10.3. The Balaban J connectivity index is 0. The molecule has 0 aromatic carbocycles. The van der Waals surface area contributed by atoms with Gasteiger partial charge in [0.25, 0.3) is 0 Å². The summed E-state index contributed by atoms with van der Waals surface area (Å²) >= 11 is 0. The highest BCUT2D eigenvalue weighted by atomic mass is 16.1. The summed E-state index contributed by atoms with van der Waals surface area (Å²) in [6, 6.07) is 0. The molecule has 0 bridgehead atoms. The zero-order chi connectivity index (χ0) is 11.6. The summed E-state index contributed by atoms with van der Waals surface area (Å²) in [5.74, 6) is 0.0610. The SMILES string of the molecule is C#C.CCC(=O)N/C(C)=C/C=C(C)C. The molecule has 0 saturated carbocycles. The zero-order valence-electron chi connectivity index (χ0n) is 9.42. The molecule has 0 radical (unpaired) electrons. The van der Waals surface area contributed by atoms with E-state index in [1.807, 2.05) is 39.8 Å². The fraction of sp³-hybridized carbons (Fsp3) is 0.417. The summed E-state index contributed by atoms with van der Waals surface area (Å²) in [4.78, 5) is 10.9. The molecule has 0 heterocycles. The van der Waals surface area contributed by atoms with Gasteiger partial charge in [-0.15, -0.1) is 12.8 Å². The van der Waals surface area contributed by atoms with Crippen LogP contribution in [0.5, 0.6) is 0 Å². The second-order valence-corrected chi connectivity index (χ2v) is 3.00. The molecule has 0 aromatic rings. The highest BCUT2D eigenvalue weighted by Crippen LogP contribution is 1.93. The average Bonchev–Trinajstić information content (AvgIpc) is 2.17. The van der Waals surface area contributed by atoms with Crippen molar-refractivity contribution < 1.29 is 4.79 Å². The number of terminal acetylenes is 1. The molecular formula is C12H19NO. The summed E-state index contributed by atoms with van der Waals surface area (Å²) < 4.78 is 0. The van der Waals surface area contributed by atoms with E-state index in [9.17, 15) is 4.79 Å². The smallest absolute Gasteiger partial charge is 0.223 e. The van der Waals surface area contributed by atoms with Crippen LogP contribution in [0.25, 0.3) is 0 Å². The lowest BCUT2D eigenvalue weighted by Gasteiger charge is -2.01. The Bertz CT molecular complexity index is 242. The second-order valence-electron chi connectivity index (χ2n) is 3.00. The topological polar surface area (TPSA) is 29.1 Å². The molecule has 0 aliphatic heterocycles. The van der Waals surface area contributed by atoms with Gasteiger partial charge in [0.1, 0.15) is 0 Å². The predicted molar refractivity (Wildman–Crippen MR) is 61.5 cm³/mol. The van der Waals surface area contributed by atoms with Crippen molar-refractivity contribution in [3.8, 4) is 12.8 Å². The lowest BCUT2D eigenvalue weighted by Crippen LogP contribution is -2.19. The van der Waals surface area contributed by atoms with E-state index < -0.39 is 0 Å². The molecule has 0 fully saturated rings. The maximum absolute atomic E-state index is 10.9. The minimum Gasteiger partial charge on any atom is -0.330 e. The van der Waals surface area contributed by atoms with E-state index in [4.69, 9.17) is 0 Å². The Labute approximate surface area is 87.1 Å². The molecule has 2 heteroatoms. The Hall–Kier alpha value is -1.49. The summed E-state index contributed by atoms with van der Waals surface area (Å²) in [5.41, 5.74) is 2.11. The molecule has 0 saturated heterocycles. The second kappa shape index (κ2) is 9.60. The van der Waals surface area contributed by atoms with Crippen molar-refractivity contribution in [1.29, 1.82) is 0 Å². The quantitative estimate of drug-likeness (QED) is 0.542. The number of rotatable bonds is 3. The Kier molecular flexibility index (Phi) is 10.3. The van der Waals surface area contributed by atoms with Crippen LogP contribution in [-0.2, 0) is 4.79 Å². The first kappa shape index (κ1) is 15.0. The van der Waals surface area contributed by atoms with E-state index in [1.165, 1.54) is 5.57 Å². The maximum Gasteiger partial charge on any atom is 0.223 e. The fourth-order valence-electron chi connectivity index (χ4n) is 0.642. The highest BCUT2D eigenvalue weighted by molar-refractivity contribution is 5.77. The van der Waals surface area contributed by atoms with Crippen LogP contribution >= 0.6 is 0 Å². The Morgan fingerprint density at radius 2 is 1.71 bits per heavy atom. The number of nitrogens with one attached hydrogen (secondary N) is 1. The molecule has 0 aliphatic carbocycles. The minimum atomic E-state index is 0.0610. The molecule has 0 rings (SSSR count). The number of hydrogen-bond acceptors (Lipinski definition) is 1. The Morgan fingerprint density at radius 1 is 1.21 bits per heavy atom. The third kappa shape index (κ3) is 10.5. The van der Waals surface area contributed by atoms with Crippen molar-refractivity contribution in [3.05, 3.63) is 23.4 Å². The van der Waals surface area contributed by atoms with Crippen molar-refractivity contribution in [2.75, 3.05) is 0 Å². The summed E-state index contributed by atoms with van der Waals surface area (Å²) in [5, 5.41) is 2.76. The molecule has 1 N–H and O–H groups in total. The molecule has 78 valence electrons. The lowest BCUT2D eigenvalue weighted by molar-refractivity contribution is -0.120. The van der Waals surface area contributed by atoms with Crippen LogP contribution in [-0.4, -0.2) is 5.91 Å². The van der Waals surface area contributed by atoms with Crippen LogP contribution in [0.1, 0.15) is 34.1 Å². The van der Waals surface area contributed by atoms with Gasteiger partial charge in [0, 0.05) is 12.1 Å². The third-order valence-corrected chi connectivity index (χ3v) is 1.32. The van der Waals surface area contributed by atoms with Gasteiger partial charge in [-0.05, 0) is 26.8 Å². The standard InChI is InChI=1S/C10H17NO.C2H2/c1-5-10(12)11-9(4)7-6-8(2)3;1-2/h6-7H,5H2,1-4H3,(H,11,12);1-2H/b9-7+;. The Morgan fingerprint density at radius 3 is 2.07 bits per heavy atom. The molecule has 14 heavy (non-hydrogen) atoms. The zero-order valence-corrected chi connectivity index (χ0v) is 9.42. The van der Waals surface area contributed by atoms with Gasteiger partial charge in [-0.25, -0.2) is 0 Å². The van der Waals surface area contributed by atoms with Crippen molar-refractivity contribution in [1.82, 2.24) is 5.32 Å². The summed E-state index contributed by atoms with van der Waals surface area (Å²) in [7, 11) is 0. The van der Waals surface area contributed by atoms with Crippen LogP contribution in [0.2, 0.25) is 0 Å². The predicted octanol–water partition coefficient (Wildman–Crippen LogP) is 2.63. The first-order chi connectivity index (χ1) is 6.56. The monoisotopic (exact) mass is 193 g/mol. The van der Waals surface area contributed by atoms with Crippen LogP contribution in [0, 0.1) is 12.8 Å². The van der Waals surface area contributed by atoms with Gasteiger partial charge in [0.05, 0.1) is 0 Å². The maximum atomic E-state index is 10.9. The number of carbonyl (C=O) groups excluding carboxylic acids is 1. The normalized spacial score (nSPS) is 9.43. The van der Waals surface area contributed by atoms with Gasteiger partial charge >= 0.3 is 0 Å². The van der Waals surface area contributed by atoms with Crippen LogP contribution in [0.3, 0.4) is 0 Å². The van der Waals surface area contributed by atoms with Gasteiger partial charge < -0.3 is 5.32 Å². The van der Waals surface area contributed by atoms with Crippen molar-refractivity contribution in [3.63, 3.8) is 0 Å². The van der Waals surface area contributed by atoms with E-state index in [0.29, 0.717) is 6.42 Å². The first-order valence-corrected chi connectivity index (χ1v) is 4.51. The van der Waals surface area contributed by atoms with E-state index in [0.717, 1.165) is 5.70 Å². The summed E-state index contributed by atoms with van der Waals surface area (Å²) in [6.45, 7) is 7.76. The van der Waals surface area contributed by atoms with E-state index in [-0.39, 0.29) is 5.91 Å². The summed E-state index contributed by atoms with van der Waals surface area (Å²) in [6.07, 6.45) is 12.4. The molecule has 1 amide bonds. The molecular weight excluding hydrogens is 174 g/mol. The van der Waals surface area contributed by atoms with Crippen molar-refractivity contribution in [2.45, 2.75) is 34.1 Å². The third-order valence-electron chi connectivity index (χ3n) is 1.32. The number of carbonyl (C=O) groups is 1. The van der Waals surface area contributed by atoms with Crippen LogP contribution in [0.15, 0.2) is 23.4 Å². The average molecular weight is 193 g/mol. The van der Waals surface area contributed by atoms with Gasteiger partial charge in [0.2, 0.25) is 5.91 Å². The van der Waals surface area contributed by atoms with E-state index >= 15 is 0 Å². The number of allylic oxidation sites excluding steroid dienone is 4. The van der Waals surface area contributed by atoms with E-state index in [1.54, 1.807) is 0 Å². The van der Waals surface area contributed by atoms with E-state index in [2.05, 4.69) is 18.2 Å². The van der Waals surface area contributed by atoms with Gasteiger partial charge in [-0.2, -0.15) is 0 Å². The largest absolute Gasteiger partial charge is 0.330 e. The number of amides is 1. The fourth-order valence-corrected chi connectivity index (χ4v) is 0.642. The van der Waals surface area contributed by atoms with Crippen molar-refractivity contribution in [2.24, 2.45) is 0 Å². The highest BCUT2D eigenvalue weighted by Gasteiger charge is 1.94. The molecule has 0 aromatic heterocycles.